The van der Waals surface area contributed by atoms with E-state index < -0.39 is 18.1 Å². The van der Waals surface area contributed by atoms with Crippen molar-refractivity contribution in [3.8, 4) is 0 Å². The number of aliphatic hydroxyl groups excluding tert-OH is 1. The van der Waals surface area contributed by atoms with Crippen LogP contribution in [0.4, 0.5) is 0 Å². The Bertz CT molecular complexity index is 211. The lowest BCUT2D eigenvalue weighted by atomic mass is 10.3. The van der Waals surface area contributed by atoms with Gasteiger partial charge in [-0.25, -0.2) is 4.79 Å². The minimum atomic E-state index is -1.06. The quantitative estimate of drug-likeness (QED) is 0.505. The van der Waals surface area contributed by atoms with Crippen LogP contribution in [-0.2, 0) is 9.59 Å². The lowest BCUT2D eigenvalue weighted by Gasteiger charge is -2.13. The predicted octanol–water partition coefficient (Wildman–Crippen LogP) is -1.96. The first-order valence-corrected chi connectivity index (χ1v) is 5.34. The number of aliphatic hydroxyl groups is 1. The summed E-state index contributed by atoms with van der Waals surface area (Å²) in [5.41, 5.74) is 0. The minimum Gasteiger partial charge on any atom is -0.480 e. The van der Waals surface area contributed by atoms with E-state index in [0.717, 1.165) is 0 Å². The zero-order chi connectivity index (χ0) is 11.1. The third-order valence-corrected chi connectivity index (χ3v) is 2.61. The molecule has 8 heteroatoms. The Balaban J connectivity index is -0.000000845. The molecule has 0 bridgehead atoms. The molecule has 0 aromatic heterocycles. The number of amides is 1. The van der Waals surface area contributed by atoms with Gasteiger partial charge in [-0.05, 0) is 6.92 Å². The second kappa shape index (κ2) is 10.7. The number of carbonyl (C=O) groups is 2. The molecule has 1 unspecified atom stereocenters. The molecule has 0 aliphatic carbocycles. The van der Waals surface area contributed by atoms with Crippen molar-refractivity contribution >= 4 is 23.6 Å². The van der Waals surface area contributed by atoms with Crippen molar-refractivity contribution in [2.24, 2.45) is 0 Å². The summed E-state index contributed by atoms with van der Waals surface area (Å²) in [4.78, 5) is 21.2. The molecule has 7 nitrogen and oxygen atoms in total. The molecular weight excluding hydrogens is 238 g/mol. The van der Waals surface area contributed by atoms with Crippen LogP contribution in [0, 0.1) is 0 Å². The first-order valence-electron chi connectivity index (χ1n) is 4.19. The van der Waals surface area contributed by atoms with E-state index in [1.54, 1.807) is 6.92 Å². The van der Waals surface area contributed by atoms with E-state index in [9.17, 15) is 9.59 Å². The summed E-state index contributed by atoms with van der Waals surface area (Å²) >= 11 is 1.29. The van der Waals surface area contributed by atoms with Crippen molar-refractivity contribution in [1.82, 2.24) is 5.32 Å². The number of hydrogen-bond donors (Lipinski definition) is 3. The van der Waals surface area contributed by atoms with Gasteiger partial charge in [-0.1, -0.05) is 0 Å². The summed E-state index contributed by atoms with van der Waals surface area (Å²) in [5.74, 6) is -0.697. The zero-order valence-corrected chi connectivity index (χ0v) is 10.0. The van der Waals surface area contributed by atoms with Crippen molar-refractivity contribution in [1.29, 1.82) is 0 Å². The number of carbonyl (C=O) groups excluding carboxylic acids is 1. The molecule has 0 rings (SSSR count). The molecule has 0 aromatic carbocycles. The predicted molar refractivity (Wildman–Crippen MR) is 61.5 cm³/mol. The van der Waals surface area contributed by atoms with Crippen molar-refractivity contribution in [2.45, 2.75) is 26.0 Å². The second-order valence-corrected chi connectivity index (χ2v) is 4.05. The van der Waals surface area contributed by atoms with E-state index >= 15 is 0 Å². The summed E-state index contributed by atoms with van der Waals surface area (Å²) in [7, 11) is 0. The summed E-state index contributed by atoms with van der Waals surface area (Å²) in [6, 6.07) is -0.878. The van der Waals surface area contributed by atoms with E-state index in [4.69, 9.17) is 10.2 Å². The Hall–Kier alpha value is -0.830. The highest BCUT2D eigenvalue weighted by Crippen LogP contribution is 2.05. The van der Waals surface area contributed by atoms with Crippen LogP contribution in [0.15, 0.2) is 0 Å². The van der Waals surface area contributed by atoms with E-state index in [1.807, 2.05) is 0 Å². The first kappa shape index (κ1) is 20.6. The molecular formula is C8H19NO6S. The first-order chi connectivity index (χ1) is 6.43. The Morgan fingerprint density at radius 2 is 1.81 bits per heavy atom. The number of nitrogens with one attached hydrogen (secondary N) is 1. The SMILES string of the molecule is CC(=O)N[C@@H](CSCC(C)O)C(=O)O.O.O. The van der Waals surface area contributed by atoms with Gasteiger partial charge in [0.2, 0.25) is 5.91 Å². The molecule has 1 amide bonds. The maximum atomic E-state index is 10.6. The van der Waals surface area contributed by atoms with E-state index in [1.165, 1.54) is 18.7 Å². The largest absolute Gasteiger partial charge is 0.480 e. The fourth-order valence-electron chi connectivity index (χ4n) is 0.777. The van der Waals surface area contributed by atoms with E-state index in [0.29, 0.717) is 5.75 Å². The van der Waals surface area contributed by atoms with E-state index in [2.05, 4.69) is 5.32 Å². The van der Waals surface area contributed by atoms with Crippen molar-refractivity contribution in [2.75, 3.05) is 11.5 Å². The highest BCUT2D eigenvalue weighted by Gasteiger charge is 2.18. The molecule has 0 radical (unpaired) electrons. The van der Waals surface area contributed by atoms with Gasteiger partial charge < -0.3 is 26.5 Å². The van der Waals surface area contributed by atoms with Crippen molar-refractivity contribution in [3.63, 3.8) is 0 Å². The lowest BCUT2D eigenvalue weighted by molar-refractivity contribution is -0.140. The van der Waals surface area contributed by atoms with Crippen molar-refractivity contribution in [3.05, 3.63) is 0 Å². The lowest BCUT2D eigenvalue weighted by Crippen LogP contribution is -2.41. The molecule has 0 saturated heterocycles. The molecule has 0 aliphatic heterocycles. The summed E-state index contributed by atoms with van der Waals surface area (Å²) < 4.78 is 0. The van der Waals surface area contributed by atoms with Crippen molar-refractivity contribution < 1.29 is 30.8 Å². The second-order valence-electron chi connectivity index (χ2n) is 2.98. The molecule has 7 N–H and O–H groups in total. The molecule has 0 heterocycles. The highest BCUT2D eigenvalue weighted by atomic mass is 32.2. The molecule has 16 heavy (non-hydrogen) atoms. The summed E-state index contributed by atoms with van der Waals surface area (Å²) in [6.45, 7) is 2.90. The summed E-state index contributed by atoms with van der Waals surface area (Å²) in [5, 5.41) is 19.9. The van der Waals surface area contributed by atoms with Gasteiger partial charge in [-0.2, -0.15) is 11.8 Å². The maximum Gasteiger partial charge on any atom is 0.327 e. The monoisotopic (exact) mass is 257 g/mol. The van der Waals surface area contributed by atoms with Crippen LogP contribution < -0.4 is 5.32 Å². The van der Waals surface area contributed by atoms with Gasteiger partial charge in [0.1, 0.15) is 6.04 Å². The minimum absolute atomic E-state index is 0. The van der Waals surface area contributed by atoms with Crippen LogP contribution in [0.5, 0.6) is 0 Å². The van der Waals surface area contributed by atoms with Gasteiger partial charge in [-0.3, -0.25) is 4.79 Å². The average molecular weight is 257 g/mol. The Morgan fingerprint density at radius 3 is 2.12 bits per heavy atom. The number of thioether (sulfide) groups is 1. The molecule has 0 fully saturated rings. The summed E-state index contributed by atoms with van der Waals surface area (Å²) in [6.07, 6.45) is -0.466. The zero-order valence-electron chi connectivity index (χ0n) is 9.19. The maximum absolute atomic E-state index is 10.6. The van der Waals surface area contributed by atoms with Crippen LogP contribution in [0.1, 0.15) is 13.8 Å². The number of carboxylic acids is 1. The topological polar surface area (TPSA) is 150 Å². The van der Waals surface area contributed by atoms with Gasteiger partial charge in [-0.15, -0.1) is 0 Å². The normalized spacial score (nSPS) is 12.7. The van der Waals surface area contributed by atoms with Gasteiger partial charge in [0.05, 0.1) is 6.10 Å². The van der Waals surface area contributed by atoms with Crippen LogP contribution in [0.2, 0.25) is 0 Å². The highest BCUT2D eigenvalue weighted by molar-refractivity contribution is 7.99. The molecule has 0 aliphatic rings. The molecule has 2 atom stereocenters. The van der Waals surface area contributed by atoms with Gasteiger partial charge in [0.15, 0.2) is 0 Å². The number of hydrogen-bond acceptors (Lipinski definition) is 4. The van der Waals surface area contributed by atoms with Gasteiger partial charge >= 0.3 is 5.97 Å². The Labute approximate surface area is 97.8 Å². The smallest absolute Gasteiger partial charge is 0.327 e. The van der Waals surface area contributed by atoms with Crippen LogP contribution >= 0.6 is 11.8 Å². The molecule has 98 valence electrons. The molecule has 0 aromatic rings. The van der Waals surface area contributed by atoms with Crippen LogP contribution in [-0.4, -0.2) is 56.7 Å². The van der Waals surface area contributed by atoms with Gasteiger partial charge in [0, 0.05) is 18.4 Å². The average Bonchev–Trinajstić information content (AvgIpc) is 2.00. The fourth-order valence-corrected chi connectivity index (χ4v) is 1.72. The molecule has 0 spiro atoms. The Kier molecular flexibility index (Phi) is 13.7. The Morgan fingerprint density at radius 1 is 1.31 bits per heavy atom. The third kappa shape index (κ3) is 11.2. The number of aliphatic carboxylic acids is 1. The number of rotatable bonds is 6. The van der Waals surface area contributed by atoms with E-state index in [-0.39, 0.29) is 22.6 Å². The third-order valence-electron chi connectivity index (χ3n) is 1.32. The fraction of sp³-hybridized carbons (Fsp3) is 0.750. The number of carboxylic acid groups (broad SMARTS) is 1. The van der Waals surface area contributed by atoms with Gasteiger partial charge in [0.25, 0.3) is 0 Å². The van der Waals surface area contributed by atoms with Crippen LogP contribution in [0.3, 0.4) is 0 Å². The standard InChI is InChI=1S/C8H15NO4S.2H2O/c1-5(10)3-14-4-7(8(12)13)9-6(2)11;;/h5,7,10H,3-4H2,1-2H3,(H,9,11)(H,12,13);2*1H2/t5?,7-;;/m0../s1. The molecule has 0 saturated carbocycles. The van der Waals surface area contributed by atoms with Crippen LogP contribution in [0.25, 0.3) is 0 Å².